The van der Waals surface area contributed by atoms with E-state index in [1.54, 1.807) is 12.3 Å². The Morgan fingerprint density at radius 3 is 2.71 bits per heavy atom. The zero-order valence-electron chi connectivity index (χ0n) is 13.7. The first-order valence-electron chi connectivity index (χ1n) is 8.90. The molecule has 5 heteroatoms. The first-order valence-corrected chi connectivity index (χ1v) is 9.28. The van der Waals surface area contributed by atoms with Crippen LogP contribution in [0.4, 0.5) is 0 Å². The molecule has 2 saturated carbocycles. The summed E-state index contributed by atoms with van der Waals surface area (Å²) in [4.78, 5) is 14.5. The molecule has 24 heavy (non-hydrogen) atoms. The second-order valence-corrected chi connectivity index (χ2v) is 7.53. The Morgan fingerprint density at radius 2 is 1.96 bits per heavy atom. The third kappa shape index (κ3) is 3.60. The van der Waals surface area contributed by atoms with Crippen LogP contribution in [0, 0.1) is 5.92 Å². The lowest BCUT2D eigenvalue weighted by Crippen LogP contribution is -2.37. The van der Waals surface area contributed by atoms with Crippen LogP contribution in [-0.2, 0) is 0 Å². The molecular formula is C19H23ClN2O2. The highest BCUT2D eigenvalue weighted by Crippen LogP contribution is 2.33. The number of hydrogen-bond acceptors (Lipinski definition) is 3. The van der Waals surface area contributed by atoms with Crippen LogP contribution in [0.25, 0.3) is 10.8 Å². The Labute approximate surface area is 146 Å². The summed E-state index contributed by atoms with van der Waals surface area (Å²) in [6.07, 6.45) is 9.06. The smallest absolute Gasteiger partial charge is 0.255 e. The van der Waals surface area contributed by atoms with Crippen LogP contribution in [0.15, 0.2) is 29.2 Å². The maximum absolute atomic E-state index is 11.8. The molecule has 1 aromatic carbocycles. The largest absolute Gasteiger partial charge is 0.489 e. The van der Waals surface area contributed by atoms with Gasteiger partial charge in [-0.2, -0.15) is 0 Å². The van der Waals surface area contributed by atoms with E-state index in [1.165, 1.54) is 19.4 Å². The van der Waals surface area contributed by atoms with Gasteiger partial charge in [-0.1, -0.05) is 11.6 Å². The minimum absolute atomic E-state index is 0.122. The van der Waals surface area contributed by atoms with E-state index in [2.05, 4.69) is 10.3 Å². The zero-order chi connectivity index (χ0) is 16.5. The van der Waals surface area contributed by atoms with Crippen LogP contribution in [-0.4, -0.2) is 23.7 Å². The maximum atomic E-state index is 11.8. The molecule has 0 bridgehead atoms. The number of hydrogen-bond donors (Lipinski definition) is 2. The molecule has 128 valence electrons. The van der Waals surface area contributed by atoms with Gasteiger partial charge in [0.25, 0.3) is 5.56 Å². The van der Waals surface area contributed by atoms with Gasteiger partial charge >= 0.3 is 0 Å². The highest BCUT2D eigenvalue weighted by Gasteiger charge is 2.26. The van der Waals surface area contributed by atoms with E-state index < -0.39 is 0 Å². The monoisotopic (exact) mass is 346 g/mol. The Balaban J connectivity index is 1.39. The number of benzene rings is 1. The van der Waals surface area contributed by atoms with E-state index in [-0.39, 0.29) is 11.7 Å². The van der Waals surface area contributed by atoms with Gasteiger partial charge in [0.15, 0.2) is 0 Å². The topological polar surface area (TPSA) is 54.1 Å². The van der Waals surface area contributed by atoms with Crippen LogP contribution in [0.5, 0.6) is 5.75 Å². The number of halogens is 1. The van der Waals surface area contributed by atoms with Crippen molar-refractivity contribution in [2.24, 2.45) is 5.92 Å². The van der Waals surface area contributed by atoms with E-state index in [0.717, 1.165) is 37.0 Å². The highest BCUT2D eigenvalue weighted by molar-refractivity contribution is 6.32. The van der Waals surface area contributed by atoms with Gasteiger partial charge in [-0.05, 0) is 74.6 Å². The number of ether oxygens (including phenoxy) is 1. The molecule has 2 aliphatic carbocycles. The van der Waals surface area contributed by atoms with Crippen LogP contribution < -0.4 is 15.6 Å². The molecule has 0 aliphatic heterocycles. The molecular weight excluding hydrogens is 324 g/mol. The van der Waals surface area contributed by atoms with Crippen molar-refractivity contribution in [3.63, 3.8) is 0 Å². The van der Waals surface area contributed by atoms with E-state index >= 15 is 0 Å². The number of pyridine rings is 1. The lowest BCUT2D eigenvalue weighted by Gasteiger charge is -2.30. The Bertz CT molecular complexity index is 777. The number of rotatable bonds is 5. The summed E-state index contributed by atoms with van der Waals surface area (Å²) < 4.78 is 6.15. The molecule has 2 aromatic rings. The number of aromatic amines is 1. The molecule has 0 atom stereocenters. The zero-order valence-corrected chi connectivity index (χ0v) is 14.4. The number of aromatic nitrogens is 1. The summed E-state index contributed by atoms with van der Waals surface area (Å²) in [5.41, 5.74) is -0.122. The average molecular weight is 347 g/mol. The second-order valence-electron chi connectivity index (χ2n) is 7.12. The van der Waals surface area contributed by atoms with E-state index in [4.69, 9.17) is 16.3 Å². The fourth-order valence-electron chi connectivity index (χ4n) is 3.50. The Kier molecular flexibility index (Phi) is 4.51. The van der Waals surface area contributed by atoms with Crippen molar-refractivity contribution in [2.45, 2.75) is 50.7 Å². The standard InChI is InChI=1S/C19H23ClN2O2/c20-17-10-16-13(7-8-21-19(16)23)9-18(17)24-15-5-3-14(4-6-15)22-11-12-1-2-12/h7-10,12,14-15,22H,1-6,11H2,(H,21,23)/t14-,15-. The number of nitrogens with one attached hydrogen (secondary N) is 2. The van der Waals surface area contributed by atoms with Gasteiger partial charge in [0, 0.05) is 17.6 Å². The van der Waals surface area contributed by atoms with Gasteiger partial charge in [-0.15, -0.1) is 0 Å². The molecule has 2 N–H and O–H groups in total. The van der Waals surface area contributed by atoms with E-state index in [9.17, 15) is 4.79 Å². The summed E-state index contributed by atoms with van der Waals surface area (Å²) in [5, 5.41) is 5.66. The predicted octanol–water partition coefficient (Wildman–Crippen LogP) is 3.87. The third-order valence-electron chi connectivity index (χ3n) is 5.19. The molecule has 2 fully saturated rings. The fourth-order valence-corrected chi connectivity index (χ4v) is 3.71. The Morgan fingerprint density at radius 1 is 1.17 bits per heavy atom. The molecule has 4 rings (SSSR count). The van der Waals surface area contributed by atoms with Crippen molar-refractivity contribution in [2.75, 3.05) is 6.54 Å². The molecule has 1 heterocycles. The minimum Gasteiger partial charge on any atom is -0.489 e. The van der Waals surface area contributed by atoms with Crippen LogP contribution in [0.2, 0.25) is 5.02 Å². The lowest BCUT2D eigenvalue weighted by molar-refractivity contribution is 0.139. The molecule has 0 saturated heterocycles. The molecule has 4 nitrogen and oxygen atoms in total. The summed E-state index contributed by atoms with van der Waals surface area (Å²) in [7, 11) is 0. The van der Waals surface area contributed by atoms with E-state index in [1.807, 2.05) is 12.1 Å². The SMILES string of the molecule is O=c1[nH]ccc2cc(O[C@H]3CC[C@H](NCC4CC4)CC3)c(Cl)cc12. The Hall–Kier alpha value is -1.52. The minimum atomic E-state index is -0.122. The van der Waals surface area contributed by atoms with Crippen molar-refractivity contribution in [3.8, 4) is 5.75 Å². The second kappa shape index (κ2) is 6.77. The quantitative estimate of drug-likeness (QED) is 0.864. The van der Waals surface area contributed by atoms with Gasteiger partial charge in [0.2, 0.25) is 0 Å². The molecule has 0 unspecified atom stereocenters. The van der Waals surface area contributed by atoms with Gasteiger partial charge < -0.3 is 15.0 Å². The fraction of sp³-hybridized carbons (Fsp3) is 0.526. The van der Waals surface area contributed by atoms with Crippen LogP contribution >= 0.6 is 11.6 Å². The van der Waals surface area contributed by atoms with Crippen LogP contribution in [0.1, 0.15) is 38.5 Å². The first kappa shape index (κ1) is 16.0. The number of H-pyrrole nitrogens is 1. The lowest BCUT2D eigenvalue weighted by atomic mass is 9.93. The first-order chi connectivity index (χ1) is 11.7. The van der Waals surface area contributed by atoms with E-state index in [0.29, 0.717) is 22.2 Å². The molecule has 2 aliphatic rings. The average Bonchev–Trinajstić information content (AvgIpc) is 3.40. The van der Waals surface area contributed by atoms with Crippen molar-refractivity contribution >= 4 is 22.4 Å². The summed E-state index contributed by atoms with van der Waals surface area (Å²) >= 11 is 6.32. The van der Waals surface area contributed by atoms with Crippen LogP contribution in [0.3, 0.4) is 0 Å². The van der Waals surface area contributed by atoms with Gasteiger partial charge in [0.1, 0.15) is 5.75 Å². The summed E-state index contributed by atoms with van der Waals surface area (Å²) in [6, 6.07) is 6.09. The van der Waals surface area contributed by atoms with Gasteiger partial charge in [-0.25, -0.2) is 0 Å². The maximum Gasteiger partial charge on any atom is 0.255 e. The summed E-state index contributed by atoms with van der Waals surface area (Å²) in [5.74, 6) is 1.61. The predicted molar refractivity (Wildman–Crippen MR) is 97.0 cm³/mol. The highest BCUT2D eigenvalue weighted by atomic mass is 35.5. The third-order valence-corrected chi connectivity index (χ3v) is 5.48. The van der Waals surface area contributed by atoms with Crippen molar-refractivity contribution < 1.29 is 4.74 Å². The molecule has 0 radical (unpaired) electrons. The summed E-state index contributed by atoms with van der Waals surface area (Å²) in [6.45, 7) is 1.18. The molecule has 1 aromatic heterocycles. The van der Waals surface area contributed by atoms with Gasteiger partial charge in [0.05, 0.1) is 11.1 Å². The molecule has 0 amide bonds. The number of fused-ring (bicyclic) bond motifs is 1. The van der Waals surface area contributed by atoms with Crippen molar-refractivity contribution in [3.05, 3.63) is 39.8 Å². The normalized spacial score (nSPS) is 24.2. The molecule has 0 spiro atoms. The van der Waals surface area contributed by atoms with Gasteiger partial charge in [-0.3, -0.25) is 4.79 Å². The van der Waals surface area contributed by atoms with Crippen molar-refractivity contribution in [1.82, 2.24) is 10.3 Å². The van der Waals surface area contributed by atoms with Crippen molar-refractivity contribution in [1.29, 1.82) is 0 Å².